The normalized spacial score (nSPS) is 16.8. The highest BCUT2D eigenvalue weighted by atomic mass is 19.3. The Morgan fingerprint density at radius 1 is 1.17 bits per heavy atom. The fourth-order valence-corrected chi connectivity index (χ4v) is 4.12. The highest BCUT2D eigenvalue weighted by Crippen LogP contribution is 2.31. The first-order chi connectivity index (χ1) is 16.6. The number of anilines is 2. The molecule has 186 valence electrons. The summed E-state index contributed by atoms with van der Waals surface area (Å²) in [5.74, 6) is -0.961. The van der Waals surface area contributed by atoms with Crippen LogP contribution in [0.25, 0.3) is 10.9 Å². The lowest BCUT2D eigenvalue weighted by Gasteiger charge is -2.21. The first-order valence-corrected chi connectivity index (χ1v) is 10.9. The summed E-state index contributed by atoms with van der Waals surface area (Å²) in [5, 5.41) is 5.97. The van der Waals surface area contributed by atoms with E-state index in [9.17, 15) is 26.7 Å². The summed E-state index contributed by atoms with van der Waals surface area (Å²) in [6.07, 6.45) is -4.00. The monoisotopic (exact) mass is 494 g/mol. The van der Waals surface area contributed by atoms with E-state index in [4.69, 9.17) is 0 Å². The molecule has 2 atom stereocenters. The smallest absolute Gasteiger partial charge is 0.315 e. The summed E-state index contributed by atoms with van der Waals surface area (Å²) in [6.45, 7) is 4.10. The molecule has 1 aliphatic rings. The van der Waals surface area contributed by atoms with Crippen LogP contribution in [0.1, 0.15) is 42.8 Å². The minimum absolute atomic E-state index is 0.0682. The summed E-state index contributed by atoms with van der Waals surface area (Å²) in [7, 11) is 0. The average molecular weight is 494 g/mol. The van der Waals surface area contributed by atoms with Gasteiger partial charge in [0.15, 0.2) is 0 Å². The molecular weight excluding hydrogens is 471 g/mol. The number of amides is 1. The van der Waals surface area contributed by atoms with Gasteiger partial charge in [0.1, 0.15) is 23.3 Å². The number of aromatic nitrogens is 3. The van der Waals surface area contributed by atoms with E-state index in [-0.39, 0.29) is 5.56 Å². The van der Waals surface area contributed by atoms with Gasteiger partial charge in [-0.05, 0) is 26.3 Å². The second-order valence-electron chi connectivity index (χ2n) is 8.34. The van der Waals surface area contributed by atoms with E-state index in [1.165, 1.54) is 18.3 Å². The molecule has 1 aliphatic heterocycles. The summed E-state index contributed by atoms with van der Waals surface area (Å²) in [4.78, 5) is 26.3. The maximum absolute atomic E-state index is 14.7. The highest BCUT2D eigenvalue weighted by Gasteiger charge is 2.28. The first-order valence-electron chi connectivity index (χ1n) is 10.9. The number of halogens is 5. The molecule has 1 saturated heterocycles. The number of nitrogens with zero attached hydrogens (tertiary/aromatic N) is 4. The van der Waals surface area contributed by atoms with Crippen LogP contribution in [-0.4, -0.2) is 46.4 Å². The standard InChI is InChI=1S/C23H23F5N6O/c1-11(14-4-3-5-15(19(14)24)20(25)26)30-22-16-8-18(29-9-17(16)31-12(2)32-22)34-7-6-13(10-34)33-23(35)21(27)28/h3-5,8-9,11,13,20-21H,6-7,10H2,1-2H3,(H,33,35)(H,30,31,32)/t11?,13-/m1/s1. The van der Waals surface area contributed by atoms with Gasteiger partial charge in [0, 0.05) is 30.1 Å². The van der Waals surface area contributed by atoms with Gasteiger partial charge in [-0.25, -0.2) is 28.1 Å². The third kappa shape index (κ3) is 5.25. The zero-order chi connectivity index (χ0) is 25.3. The SMILES string of the molecule is Cc1nc(NC(C)c2cccc(C(F)F)c2F)c2cc(N3CC[C@@H](NC(=O)C(F)F)C3)ncc2n1. The number of hydrogen-bond donors (Lipinski definition) is 2. The van der Waals surface area contributed by atoms with Crippen LogP contribution in [0.5, 0.6) is 0 Å². The Hall–Kier alpha value is -3.57. The second kappa shape index (κ2) is 9.96. The molecule has 0 aliphatic carbocycles. The number of carbonyl (C=O) groups excluding carboxylic acids is 1. The van der Waals surface area contributed by atoms with Crippen LogP contribution in [0.3, 0.4) is 0 Å². The van der Waals surface area contributed by atoms with Crippen LogP contribution >= 0.6 is 0 Å². The summed E-state index contributed by atoms with van der Waals surface area (Å²) < 4.78 is 66.0. The van der Waals surface area contributed by atoms with Gasteiger partial charge in [-0.2, -0.15) is 8.78 Å². The number of pyridine rings is 1. The fraction of sp³-hybridized carbons (Fsp3) is 0.391. The first kappa shape index (κ1) is 24.6. The molecule has 0 bridgehead atoms. The van der Waals surface area contributed by atoms with Crippen molar-refractivity contribution in [3.8, 4) is 0 Å². The van der Waals surface area contributed by atoms with Gasteiger partial charge in [0.25, 0.3) is 12.3 Å². The molecular formula is C23H23F5N6O. The van der Waals surface area contributed by atoms with Crippen LogP contribution in [0.15, 0.2) is 30.5 Å². The van der Waals surface area contributed by atoms with Crippen LogP contribution in [0.2, 0.25) is 0 Å². The van der Waals surface area contributed by atoms with E-state index < -0.39 is 42.2 Å². The zero-order valence-corrected chi connectivity index (χ0v) is 18.9. The number of aryl methyl sites for hydroxylation is 1. The molecule has 4 rings (SSSR count). The van der Waals surface area contributed by atoms with Crippen molar-refractivity contribution < 1.29 is 26.7 Å². The maximum Gasteiger partial charge on any atom is 0.315 e. The Balaban J connectivity index is 1.60. The van der Waals surface area contributed by atoms with Gasteiger partial charge < -0.3 is 15.5 Å². The van der Waals surface area contributed by atoms with Crippen LogP contribution < -0.4 is 15.5 Å². The largest absolute Gasteiger partial charge is 0.363 e. The minimum Gasteiger partial charge on any atom is -0.363 e. The Labute approximate surface area is 197 Å². The van der Waals surface area contributed by atoms with Crippen molar-refractivity contribution in [1.82, 2.24) is 20.3 Å². The van der Waals surface area contributed by atoms with Gasteiger partial charge in [0.2, 0.25) is 0 Å². The van der Waals surface area contributed by atoms with Crippen molar-refractivity contribution in [1.29, 1.82) is 0 Å². The molecule has 3 aromatic rings. The highest BCUT2D eigenvalue weighted by molar-refractivity contribution is 5.90. The quantitative estimate of drug-likeness (QED) is 0.470. The molecule has 1 aromatic carbocycles. The molecule has 12 heteroatoms. The van der Waals surface area contributed by atoms with Crippen LogP contribution in [0.4, 0.5) is 33.6 Å². The van der Waals surface area contributed by atoms with Crippen molar-refractivity contribution in [2.24, 2.45) is 0 Å². The van der Waals surface area contributed by atoms with Crippen molar-refractivity contribution in [3.05, 3.63) is 53.2 Å². The molecule has 0 saturated carbocycles. The number of nitrogens with one attached hydrogen (secondary N) is 2. The van der Waals surface area contributed by atoms with Crippen molar-refractivity contribution >= 4 is 28.4 Å². The molecule has 1 amide bonds. The third-order valence-corrected chi connectivity index (χ3v) is 5.85. The van der Waals surface area contributed by atoms with E-state index in [1.54, 1.807) is 19.9 Å². The predicted molar refractivity (Wildman–Crippen MR) is 120 cm³/mol. The molecule has 2 N–H and O–H groups in total. The molecule has 0 spiro atoms. The molecule has 3 heterocycles. The Kier molecular flexibility index (Phi) is 6.99. The fourth-order valence-electron chi connectivity index (χ4n) is 4.12. The van der Waals surface area contributed by atoms with Crippen molar-refractivity contribution in [2.75, 3.05) is 23.3 Å². The third-order valence-electron chi connectivity index (χ3n) is 5.85. The van der Waals surface area contributed by atoms with Gasteiger partial charge in [-0.1, -0.05) is 18.2 Å². The molecule has 1 fully saturated rings. The van der Waals surface area contributed by atoms with Crippen LogP contribution in [-0.2, 0) is 4.79 Å². The summed E-state index contributed by atoms with van der Waals surface area (Å²) in [5.41, 5.74) is -0.0907. The predicted octanol–water partition coefficient (Wildman–Crippen LogP) is 4.54. The van der Waals surface area contributed by atoms with Crippen molar-refractivity contribution in [3.63, 3.8) is 0 Å². The van der Waals surface area contributed by atoms with E-state index in [0.717, 1.165) is 6.07 Å². The van der Waals surface area contributed by atoms with Gasteiger partial charge in [0.05, 0.1) is 23.3 Å². The van der Waals surface area contributed by atoms with E-state index >= 15 is 0 Å². The Morgan fingerprint density at radius 3 is 2.63 bits per heavy atom. The molecule has 7 nitrogen and oxygen atoms in total. The topological polar surface area (TPSA) is 83.0 Å². The lowest BCUT2D eigenvalue weighted by molar-refractivity contribution is -0.132. The summed E-state index contributed by atoms with van der Waals surface area (Å²) >= 11 is 0. The van der Waals surface area contributed by atoms with Gasteiger partial charge in [-0.3, -0.25) is 4.79 Å². The van der Waals surface area contributed by atoms with E-state index in [1.807, 2.05) is 4.90 Å². The number of alkyl halides is 4. The van der Waals surface area contributed by atoms with Crippen LogP contribution in [0, 0.1) is 12.7 Å². The lowest BCUT2D eigenvalue weighted by atomic mass is 10.0. The number of carbonyl (C=O) groups is 1. The van der Waals surface area contributed by atoms with Crippen molar-refractivity contribution in [2.45, 2.75) is 45.2 Å². The molecule has 0 radical (unpaired) electrons. The number of rotatable bonds is 7. The molecule has 35 heavy (non-hydrogen) atoms. The van der Waals surface area contributed by atoms with Gasteiger partial charge >= 0.3 is 6.43 Å². The number of fused-ring (bicyclic) bond motifs is 1. The Morgan fingerprint density at radius 2 is 1.91 bits per heavy atom. The lowest BCUT2D eigenvalue weighted by Crippen LogP contribution is -2.40. The Bertz CT molecular complexity index is 1240. The number of benzene rings is 1. The minimum atomic E-state index is -3.08. The number of hydrogen-bond acceptors (Lipinski definition) is 6. The van der Waals surface area contributed by atoms with Gasteiger partial charge in [-0.15, -0.1) is 0 Å². The van der Waals surface area contributed by atoms with E-state index in [0.29, 0.717) is 47.9 Å². The molecule has 2 aromatic heterocycles. The van der Waals surface area contributed by atoms with E-state index in [2.05, 4.69) is 25.6 Å². The molecule has 1 unspecified atom stereocenters. The average Bonchev–Trinajstić information content (AvgIpc) is 3.27. The second-order valence-corrected chi connectivity index (χ2v) is 8.34. The summed E-state index contributed by atoms with van der Waals surface area (Å²) in [6, 6.07) is 4.44. The zero-order valence-electron chi connectivity index (χ0n) is 18.9. The maximum atomic E-state index is 14.7.